The van der Waals surface area contributed by atoms with Crippen LogP contribution in [0.15, 0.2) is 29.4 Å². The Labute approximate surface area is 123 Å². The molecule has 106 valence electrons. The molecule has 0 spiro atoms. The predicted octanol–water partition coefficient (Wildman–Crippen LogP) is 3.90. The monoisotopic (exact) mass is 292 g/mol. The summed E-state index contributed by atoms with van der Waals surface area (Å²) in [4.78, 5) is 16.2. The number of carbonyl (C=O) groups excluding carboxylic acids is 1. The summed E-state index contributed by atoms with van der Waals surface area (Å²) in [6, 6.07) is 7.82. The van der Waals surface area contributed by atoms with Gasteiger partial charge in [-0.2, -0.15) is 0 Å². The van der Waals surface area contributed by atoms with Gasteiger partial charge < -0.3 is 9.40 Å². The van der Waals surface area contributed by atoms with Crippen LogP contribution in [-0.2, 0) is 16.7 Å². The van der Waals surface area contributed by atoms with Crippen molar-refractivity contribution in [1.82, 2.24) is 4.57 Å². The van der Waals surface area contributed by atoms with Gasteiger partial charge in [0.1, 0.15) is 5.15 Å². The summed E-state index contributed by atoms with van der Waals surface area (Å²) < 4.78 is 1.87. The van der Waals surface area contributed by atoms with Crippen molar-refractivity contribution < 1.29 is 9.63 Å². The summed E-state index contributed by atoms with van der Waals surface area (Å²) in [6.45, 7) is 2.02. The van der Waals surface area contributed by atoms with Crippen molar-refractivity contribution in [3.63, 3.8) is 0 Å². The number of aromatic nitrogens is 1. The van der Waals surface area contributed by atoms with Crippen LogP contribution in [0.3, 0.4) is 0 Å². The standard InChI is InChI=1S/C15H17ClN2O2/c1-3-4-9-14(19)20-17-10-12-11-7-5-6-8-13(11)18(2)15(12)16/h5-8,10H,3-4,9H2,1-2H3/b17-10+. The third-order valence-corrected chi connectivity index (χ3v) is 3.60. The molecule has 1 aromatic heterocycles. The molecule has 1 heterocycles. The van der Waals surface area contributed by atoms with E-state index < -0.39 is 0 Å². The van der Waals surface area contributed by atoms with Crippen molar-refractivity contribution >= 4 is 34.7 Å². The highest BCUT2D eigenvalue weighted by Gasteiger charge is 2.11. The Kier molecular flexibility index (Phi) is 4.79. The van der Waals surface area contributed by atoms with Crippen LogP contribution in [0.1, 0.15) is 31.7 Å². The third kappa shape index (κ3) is 3.02. The number of halogens is 1. The van der Waals surface area contributed by atoms with Gasteiger partial charge in [0.05, 0.1) is 6.21 Å². The lowest BCUT2D eigenvalue weighted by atomic mass is 10.2. The van der Waals surface area contributed by atoms with E-state index in [1.165, 1.54) is 6.21 Å². The van der Waals surface area contributed by atoms with E-state index in [0.717, 1.165) is 29.3 Å². The van der Waals surface area contributed by atoms with Crippen molar-refractivity contribution in [2.75, 3.05) is 0 Å². The minimum absolute atomic E-state index is 0.320. The molecule has 2 aromatic rings. The summed E-state index contributed by atoms with van der Waals surface area (Å²) in [6.07, 6.45) is 3.64. The van der Waals surface area contributed by atoms with Gasteiger partial charge >= 0.3 is 5.97 Å². The number of nitrogens with zero attached hydrogens (tertiary/aromatic N) is 2. The summed E-state index contributed by atoms with van der Waals surface area (Å²) in [5, 5.41) is 5.30. The van der Waals surface area contributed by atoms with Gasteiger partial charge in [0.2, 0.25) is 0 Å². The van der Waals surface area contributed by atoms with Crippen molar-refractivity contribution in [2.24, 2.45) is 12.2 Å². The Hall–Kier alpha value is -1.81. The van der Waals surface area contributed by atoms with E-state index in [1.54, 1.807) is 0 Å². The minimum atomic E-state index is -0.320. The molecule has 0 bridgehead atoms. The topological polar surface area (TPSA) is 43.6 Å². The SMILES string of the molecule is CCCCC(=O)O/N=C/c1c(Cl)n(C)c2ccccc12. The fraction of sp³-hybridized carbons (Fsp3) is 0.333. The molecular weight excluding hydrogens is 276 g/mol. The normalized spacial score (nSPS) is 11.3. The maximum absolute atomic E-state index is 11.4. The molecule has 5 heteroatoms. The molecule has 0 unspecified atom stereocenters. The first-order valence-corrected chi connectivity index (χ1v) is 6.99. The van der Waals surface area contributed by atoms with Crippen molar-refractivity contribution in [3.8, 4) is 0 Å². The maximum Gasteiger partial charge on any atom is 0.335 e. The smallest absolute Gasteiger partial charge is 0.334 e. The molecule has 0 saturated heterocycles. The van der Waals surface area contributed by atoms with Crippen LogP contribution >= 0.6 is 11.6 Å². The van der Waals surface area contributed by atoms with Crippen LogP contribution in [0, 0.1) is 0 Å². The molecule has 0 aliphatic heterocycles. The predicted molar refractivity (Wildman–Crippen MR) is 81.1 cm³/mol. The van der Waals surface area contributed by atoms with Gasteiger partial charge in [0.15, 0.2) is 0 Å². The molecular formula is C15H17ClN2O2. The number of hydrogen-bond acceptors (Lipinski definition) is 3. The van der Waals surface area contributed by atoms with E-state index in [0.29, 0.717) is 11.6 Å². The van der Waals surface area contributed by atoms with Gasteiger partial charge in [0, 0.05) is 29.9 Å². The molecule has 0 saturated carbocycles. The largest absolute Gasteiger partial charge is 0.335 e. The van der Waals surface area contributed by atoms with Gasteiger partial charge in [-0.15, -0.1) is 0 Å². The van der Waals surface area contributed by atoms with Gasteiger partial charge in [-0.1, -0.05) is 48.3 Å². The molecule has 0 aliphatic rings. The lowest BCUT2D eigenvalue weighted by Gasteiger charge is -1.96. The molecule has 0 fully saturated rings. The first-order valence-electron chi connectivity index (χ1n) is 6.61. The van der Waals surface area contributed by atoms with Crippen LogP contribution in [0.5, 0.6) is 0 Å². The number of para-hydroxylation sites is 1. The summed E-state index contributed by atoms with van der Waals surface area (Å²) in [7, 11) is 1.88. The number of carbonyl (C=O) groups is 1. The number of hydrogen-bond donors (Lipinski definition) is 0. The Bertz CT molecular complexity index is 647. The second kappa shape index (κ2) is 6.57. The maximum atomic E-state index is 11.4. The quantitative estimate of drug-likeness (QED) is 0.476. The average Bonchev–Trinajstić information content (AvgIpc) is 2.70. The fourth-order valence-corrected chi connectivity index (χ4v) is 2.26. The Morgan fingerprint density at radius 1 is 1.45 bits per heavy atom. The number of aryl methyl sites for hydroxylation is 1. The first kappa shape index (κ1) is 14.6. The minimum Gasteiger partial charge on any atom is -0.334 e. The number of unbranched alkanes of at least 4 members (excludes halogenated alkanes) is 1. The van der Waals surface area contributed by atoms with Crippen LogP contribution in [0.25, 0.3) is 10.9 Å². The zero-order chi connectivity index (χ0) is 14.5. The lowest BCUT2D eigenvalue weighted by Crippen LogP contribution is -1.99. The number of benzene rings is 1. The van der Waals surface area contributed by atoms with E-state index in [4.69, 9.17) is 16.4 Å². The molecule has 0 N–H and O–H groups in total. The molecule has 20 heavy (non-hydrogen) atoms. The fourth-order valence-electron chi connectivity index (χ4n) is 2.02. The van der Waals surface area contributed by atoms with Crippen LogP contribution in [0.2, 0.25) is 5.15 Å². The van der Waals surface area contributed by atoms with Crippen molar-refractivity contribution in [3.05, 3.63) is 35.0 Å². The zero-order valence-corrected chi connectivity index (χ0v) is 12.4. The van der Waals surface area contributed by atoms with Crippen LogP contribution in [-0.4, -0.2) is 16.8 Å². The van der Waals surface area contributed by atoms with Gasteiger partial charge in [-0.05, 0) is 12.5 Å². The molecule has 0 aliphatic carbocycles. The molecule has 0 radical (unpaired) electrons. The molecule has 0 atom stereocenters. The number of fused-ring (bicyclic) bond motifs is 1. The average molecular weight is 293 g/mol. The van der Waals surface area contributed by atoms with Crippen LogP contribution < -0.4 is 0 Å². The van der Waals surface area contributed by atoms with Gasteiger partial charge in [-0.3, -0.25) is 0 Å². The van der Waals surface area contributed by atoms with E-state index in [-0.39, 0.29) is 5.97 Å². The summed E-state index contributed by atoms with van der Waals surface area (Å²) in [5.41, 5.74) is 1.77. The zero-order valence-electron chi connectivity index (χ0n) is 11.6. The van der Waals surface area contributed by atoms with Crippen molar-refractivity contribution in [2.45, 2.75) is 26.2 Å². The highest BCUT2D eigenvalue weighted by atomic mass is 35.5. The van der Waals surface area contributed by atoms with Gasteiger partial charge in [-0.25, -0.2) is 4.79 Å². The number of oxime groups is 1. The number of rotatable bonds is 5. The first-order chi connectivity index (χ1) is 9.65. The molecule has 1 aromatic carbocycles. The second-order valence-electron chi connectivity index (χ2n) is 4.58. The summed E-state index contributed by atoms with van der Waals surface area (Å²) in [5.74, 6) is -0.320. The highest BCUT2D eigenvalue weighted by Crippen LogP contribution is 2.27. The molecule has 4 nitrogen and oxygen atoms in total. The summed E-state index contributed by atoms with van der Waals surface area (Å²) >= 11 is 6.27. The third-order valence-electron chi connectivity index (χ3n) is 3.14. The van der Waals surface area contributed by atoms with E-state index in [2.05, 4.69) is 5.16 Å². The van der Waals surface area contributed by atoms with Crippen molar-refractivity contribution in [1.29, 1.82) is 0 Å². The van der Waals surface area contributed by atoms with E-state index in [9.17, 15) is 4.79 Å². The lowest BCUT2D eigenvalue weighted by molar-refractivity contribution is -0.143. The highest BCUT2D eigenvalue weighted by molar-refractivity contribution is 6.34. The molecule has 0 amide bonds. The Balaban J connectivity index is 2.17. The molecule has 2 rings (SSSR count). The van der Waals surface area contributed by atoms with E-state index in [1.807, 2.05) is 42.8 Å². The Morgan fingerprint density at radius 3 is 2.95 bits per heavy atom. The van der Waals surface area contributed by atoms with E-state index >= 15 is 0 Å². The second-order valence-corrected chi connectivity index (χ2v) is 4.94. The van der Waals surface area contributed by atoms with Gasteiger partial charge in [0.25, 0.3) is 0 Å². The Morgan fingerprint density at radius 2 is 2.20 bits per heavy atom. The van der Waals surface area contributed by atoms with Crippen LogP contribution in [0.4, 0.5) is 0 Å².